The molecule has 0 saturated heterocycles. The molecular weight excluding hydrogens is 234 g/mol. The summed E-state index contributed by atoms with van der Waals surface area (Å²) in [4.78, 5) is 7.30. The normalized spacial score (nSPS) is 11.0. The number of benzene rings is 2. The maximum absolute atomic E-state index is 13.5. The van der Waals surface area contributed by atoms with Crippen LogP contribution >= 0.6 is 0 Å². The smallest absolute Gasteiger partial charge is 0.126 e. The molecule has 0 fully saturated rings. The van der Waals surface area contributed by atoms with Crippen molar-refractivity contribution < 1.29 is 8.78 Å². The van der Waals surface area contributed by atoms with E-state index >= 15 is 0 Å². The number of nitrogens with one attached hydrogen (secondary N) is 1. The fraction of sp³-hybridized carbons (Fsp3) is 0.0714. The molecule has 4 heteroatoms. The fourth-order valence-corrected chi connectivity index (χ4v) is 1.94. The van der Waals surface area contributed by atoms with Crippen LogP contribution in [-0.2, 0) is 6.42 Å². The molecule has 0 amide bonds. The Bertz CT molecular complexity index is 704. The minimum atomic E-state index is -0.316. The summed E-state index contributed by atoms with van der Waals surface area (Å²) in [5.41, 5.74) is 1.88. The molecule has 3 aromatic rings. The maximum atomic E-state index is 13.5. The second kappa shape index (κ2) is 4.22. The molecule has 0 saturated carbocycles. The highest BCUT2D eigenvalue weighted by Crippen LogP contribution is 2.16. The summed E-state index contributed by atoms with van der Waals surface area (Å²) < 4.78 is 26.5. The van der Waals surface area contributed by atoms with E-state index in [4.69, 9.17) is 0 Å². The summed E-state index contributed by atoms with van der Waals surface area (Å²) >= 11 is 0. The number of aromatic nitrogens is 2. The van der Waals surface area contributed by atoms with Gasteiger partial charge in [0.2, 0.25) is 0 Å². The van der Waals surface area contributed by atoms with Crippen LogP contribution in [0.5, 0.6) is 0 Å². The Morgan fingerprint density at radius 1 is 1.06 bits per heavy atom. The molecule has 0 aliphatic heterocycles. The van der Waals surface area contributed by atoms with Crippen LogP contribution in [0.3, 0.4) is 0 Å². The van der Waals surface area contributed by atoms with Gasteiger partial charge in [-0.25, -0.2) is 13.8 Å². The third kappa shape index (κ3) is 1.97. The molecule has 2 nitrogen and oxygen atoms in total. The van der Waals surface area contributed by atoms with Crippen molar-refractivity contribution in [1.29, 1.82) is 0 Å². The van der Waals surface area contributed by atoms with E-state index in [1.165, 1.54) is 18.2 Å². The molecule has 90 valence electrons. The van der Waals surface area contributed by atoms with E-state index in [0.717, 1.165) is 0 Å². The highest BCUT2D eigenvalue weighted by molar-refractivity contribution is 5.75. The van der Waals surface area contributed by atoms with Gasteiger partial charge in [0.05, 0.1) is 11.0 Å². The van der Waals surface area contributed by atoms with Gasteiger partial charge < -0.3 is 4.98 Å². The molecule has 18 heavy (non-hydrogen) atoms. The fourth-order valence-electron chi connectivity index (χ4n) is 1.94. The number of nitrogens with zero attached hydrogens (tertiary/aromatic N) is 1. The first-order valence-corrected chi connectivity index (χ1v) is 5.60. The zero-order valence-corrected chi connectivity index (χ0v) is 9.45. The summed E-state index contributed by atoms with van der Waals surface area (Å²) in [6, 6.07) is 10.9. The van der Waals surface area contributed by atoms with Crippen molar-refractivity contribution in [2.45, 2.75) is 6.42 Å². The third-order valence-corrected chi connectivity index (χ3v) is 2.81. The van der Waals surface area contributed by atoms with Gasteiger partial charge in [-0.3, -0.25) is 0 Å². The standard InChI is InChI=1S/C14H10F2N2/c15-10-5-6-12-13(8-10)18-14(17-12)7-9-3-1-2-4-11(9)16/h1-6,8H,7H2,(H,17,18). The molecule has 2 aromatic carbocycles. The van der Waals surface area contributed by atoms with Crippen LogP contribution in [0.15, 0.2) is 42.5 Å². The first-order valence-electron chi connectivity index (χ1n) is 5.60. The van der Waals surface area contributed by atoms with Crippen LogP contribution in [0.4, 0.5) is 8.78 Å². The van der Waals surface area contributed by atoms with E-state index in [-0.39, 0.29) is 11.6 Å². The van der Waals surface area contributed by atoms with Gasteiger partial charge in [-0.15, -0.1) is 0 Å². The van der Waals surface area contributed by atoms with Crippen molar-refractivity contribution in [1.82, 2.24) is 9.97 Å². The van der Waals surface area contributed by atoms with Gasteiger partial charge in [-0.05, 0) is 29.8 Å². The molecule has 0 spiro atoms. The average Bonchev–Trinajstić information content (AvgIpc) is 2.73. The van der Waals surface area contributed by atoms with Crippen LogP contribution < -0.4 is 0 Å². The van der Waals surface area contributed by atoms with Gasteiger partial charge in [0.1, 0.15) is 17.5 Å². The largest absolute Gasteiger partial charge is 0.342 e. The van der Waals surface area contributed by atoms with E-state index in [2.05, 4.69) is 9.97 Å². The Morgan fingerprint density at radius 2 is 1.89 bits per heavy atom. The van der Waals surface area contributed by atoms with Crippen LogP contribution in [0.25, 0.3) is 11.0 Å². The maximum Gasteiger partial charge on any atom is 0.126 e. The van der Waals surface area contributed by atoms with Gasteiger partial charge in [0.15, 0.2) is 0 Å². The molecule has 0 atom stereocenters. The van der Waals surface area contributed by atoms with Crippen molar-refractivity contribution >= 4 is 11.0 Å². The lowest BCUT2D eigenvalue weighted by atomic mass is 10.1. The summed E-state index contributed by atoms with van der Waals surface area (Å²) in [5.74, 6) is 0.0495. The number of hydrogen-bond acceptors (Lipinski definition) is 1. The minimum Gasteiger partial charge on any atom is -0.342 e. The Morgan fingerprint density at radius 3 is 2.72 bits per heavy atom. The van der Waals surface area contributed by atoms with Crippen LogP contribution in [0.1, 0.15) is 11.4 Å². The highest BCUT2D eigenvalue weighted by Gasteiger charge is 2.07. The van der Waals surface area contributed by atoms with E-state index in [1.807, 2.05) is 0 Å². The number of H-pyrrole nitrogens is 1. The number of imidazole rings is 1. The second-order valence-electron chi connectivity index (χ2n) is 4.11. The van der Waals surface area contributed by atoms with Gasteiger partial charge in [-0.1, -0.05) is 18.2 Å². The number of fused-ring (bicyclic) bond motifs is 1. The molecule has 0 radical (unpaired) electrons. The summed E-state index contributed by atoms with van der Waals surface area (Å²) in [5, 5.41) is 0. The Hall–Kier alpha value is -2.23. The van der Waals surface area contributed by atoms with Crippen molar-refractivity contribution in [3.63, 3.8) is 0 Å². The molecule has 1 N–H and O–H groups in total. The lowest BCUT2D eigenvalue weighted by molar-refractivity contribution is 0.612. The molecule has 0 aliphatic carbocycles. The zero-order valence-electron chi connectivity index (χ0n) is 9.45. The van der Waals surface area contributed by atoms with Gasteiger partial charge in [0, 0.05) is 6.42 Å². The monoisotopic (exact) mass is 244 g/mol. The topological polar surface area (TPSA) is 28.7 Å². The van der Waals surface area contributed by atoms with Crippen LogP contribution in [0.2, 0.25) is 0 Å². The highest BCUT2D eigenvalue weighted by atomic mass is 19.1. The van der Waals surface area contributed by atoms with E-state index in [0.29, 0.717) is 28.8 Å². The minimum absolute atomic E-state index is 0.260. The van der Waals surface area contributed by atoms with Crippen LogP contribution in [-0.4, -0.2) is 9.97 Å². The van der Waals surface area contributed by atoms with E-state index < -0.39 is 0 Å². The molecule has 0 bridgehead atoms. The number of halogens is 2. The number of aromatic amines is 1. The number of rotatable bonds is 2. The Kier molecular flexibility index (Phi) is 2.55. The average molecular weight is 244 g/mol. The molecule has 1 heterocycles. The third-order valence-electron chi connectivity index (χ3n) is 2.81. The molecular formula is C14H10F2N2. The predicted molar refractivity (Wildman–Crippen MR) is 65.3 cm³/mol. The molecule has 0 unspecified atom stereocenters. The van der Waals surface area contributed by atoms with Gasteiger partial charge in [-0.2, -0.15) is 0 Å². The van der Waals surface area contributed by atoms with E-state index in [1.54, 1.807) is 24.3 Å². The van der Waals surface area contributed by atoms with Crippen LogP contribution in [0, 0.1) is 11.6 Å². The Labute approximate surface area is 102 Å². The molecule has 3 rings (SSSR count). The first kappa shape index (κ1) is 10.9. The molecule has 1 aromatic heterocycles. The van der Waals surface area contributed by atoms with E-state index in [9.17, 15) is 8.78 Å². The van der Waals surface area contributed by atoms with Crippen molar-refractivity contribution in [3.8, 4) is 0 Å². The SMILES string of the molecule is Fc1ccc2nc(Cc3ccccc3F)[nH]c2c1. The summed E-state index contributed by atoms with van der Waals surface area (Å²) in [7, 11) is 0. The second-order valence-corrected chi connectivity index (χ2v) is 4.11. The number of hydrogen-bond donors (Lipinski definition) is 1. The quantitative estimate of drug-likeness (QED) is 0.735. The lowest BCUT2D eigenvalue weighted by Crippen LogP contribution is -1.93. The van der Waals surface area contributed by atoms with Gasteiger partial charge in [0.25, 0.3) is 0 Å². The lowest BCUT2D eigenvalue weighted by Gasteiger charge is -1.99. The van der Waals surface area contributed by atoms with Crippen molar-refractivity contribution in [3.05, 3.63) is 65.5 Å². The summed E-state index contributed by atoms with van der Waals surface area (Å²) in [6.45, 7) is 0. The Balaban J connectivity index is 1.98. The zero-order chi connectivity index (χ0) is 12.5. The first-order chi connectivity index (χ1) is 8.72. The van der Waals surface area contributed by atoms with Gasteiger partial charge >= 0.3 is 0 Å². The predicted octanol–water partition coefficient (Wildman–Crippen LogP) is 3.43. The summed E-state index contributed by atoms with van der Waals surface area (Å²) in [6.07, 6.45) is 0.364. The van der Waals surface area contributed by atoms with Crippen molar-refractivity contribution in [2.24, 2.45) is 0 Å². The molecule has 0 aliphatic rings. The van der Waals surface area contributed by atoms with Crippen molar-refractivity contribution in [2.75, 3.05) is 0 Å².